The molecule has 5 heterocycles. The summed E-state index contributed by atoms with van der Waals surface area (Å²) >= 11 is 0. The van der Waals surface area contributed by atoms with Crippen molar-refractivity contribution in [3.8, 4) is 11.3 Å². The molecular formula is C24H22F3N5O2. The Morgan fingerprint density at radius 1 is 1.06 bits per heavy atom. The van der Waals surface area contributed by atoms with E-state index in [1.54, 1.807) is 23.2 Å². The maximum absolute atomic E-state index is 13.0. The van der Waals surface area contributed by atoms with Gasteiger partial charge >= 0.3 is 12.3 Å². The Bertz CT molecular complexity index is 1260. The second kappa shape index (κ2) is 8.27. The van der Waals surface area contributed by atoms with E-state index in [0.29, 0.717) is 37.4 Å². The van der Waals surface area contributed by atoms with Gasteiger partial charge in [0, 0.05) is 29.3 Å². The van der Waals surface area contributed by atoms with Crippen LogP contribution in [-0.4, -0.2) is 45.1 Å². The summed E-state index contributed by atoms with van der Waals surface area (Å²) < 4.78 is 44.6. The zero-order valence-electron chi connectivity index (χ0n) is 18.6. The SMILES string of the molecule is Cc1cc(C)c2c(n1)CN(C(=O)OC1CN(c3ccnc(-c4ccnc(C(F)(F)F)c4)c3)C1)C2. The Morgan fingerprint density at radius 3 is 2.59 bits per heavy atom. The molecule has 0 aromatic carbocycles. The normalized spacial score (nSPS) is 15.8. The fraction of sp³-hybridized carbons (Fsp3) is 0.333. The molecule has 3 aromatic heterocycles. The van der Waals surface area contributed by atoms with E-state index in [4.69, 9.17) is 4.74 Å². The first-order chi connectivity index (χ1) is 16.2. The van der Waals surface area contributed by atoms with Crippen LogP contribution >= 0.6 is 0 Å². The van der Waals surface area contributed by atoms with Crippen molar-refractivity contribution in [1.29, 1.82) is 0 Å². The lowest BCUT2D eigenvalue weighted by Gasteiger charge is -2.40. The van der Waals surface area contributed by atoms with Gasteiger partial charge in [-0.15, -0.1) is 0 Å². The van der Waals surface area contributed by atoms with Gasteiger partial charge < -0.3 is 9.64 Å². The van der Waals surface area contributed by atoms with Crippen LogP contribution in [0.25, 0.3) is 11.3 Å². The second-order valence-corrected chi connectivity index (χ2v) is 8.60. The monoisotopic (exact) mass is 469 g/mol. The van der Waals surface area contributed by atoms with Crippen molar-refractivity contribution in [1.82, 2.24) is 19.9 Å². The Morgan fingerprint density at radius 2 is 1.82 bits per heavy atom. The number of ether oxygens (including phenoxy) is 1. The van der Waals surface area contributed by atoms with E-state index in [1.807, 2.05) is 24.8 Å². The molecule has 0 atom stereocenters. The zero-order chi connectivity index (χ0) is 24.0. The largest absolute Gasteiger partial charge is 0.442 e. The fourth-order valence-electron chi connectivity index (χ4n) is 4.30. The van der Waals surface area contributed by atoms with Gasteiger partial charge in [0.05, 0.1) is 37.6 Å². The number of halogens is 3. The molecule has 34 heavy (non-hydrogen) atoms. The first-order valence-electron chi connectivity index (χ1n) is 10.8. The van der Waals surface area contributed by atoms with Gasteiger partial charge in [-0.3, -0.25) is 19.9 Å². The van der Waals surface area contributed by atoms with Gasteiger partial charge in [-0.2, -0.15) is 13.2 Å². The maximum Gasteiger partial charge on any atom is 0.433 e. The van der Waals surface area contributed by atoms with Crippen LogP contribution in [0, 0.1) is 13.8 Å². The number of alkyl halides is 3. The molecule has 1 saturated heterocycles. The maximum atomic E-state index is 13.0. The lowest BCUT2D eigenvalue weighted by atomic mass is 10.1. The van der Waals surface area contributed by atoms with E-state index >= 15 is 0 Å². The van der Waals surface area contributed by atoms with Crippen LogP contribution in [0.5, 0.6) is 0 Å². The summed E-state index contributed by atoms with van der Waals surface area (Å²) in [7, 11) is 0. The average molecular weight is 469 g/mol. The average Bonchev–Trinajstić information content (AvgIpc) is 3.20. The van der Waals surface area contributed by atoms with Gasteiger partial charge in [0.1, 0.15) is 11.8 Å². The lowest BCUT2D eigenvalue weighted by Crippen LogP contribution is -2.54. The number of pyridine rings is 3. The minimum Gasteiger partial charge on any atom is -0.442 e. The van der Waals surface area contributed by atoms with E-state index in [2.05, 4.69) is 15.0 Å². The molecule has 1 amide bonds. The van der Waals surface area contributed by atoms with Gasteiger partial charge in [-0.1, -0.05) is 0 Å². The standard InChI is InChI=1S/C24H22F3N5O2/c1-14-7-15(2)30-21-13-32(12-19(14)21)23(33)34-18-10-31(11-18)17-4-6-28-20(9-17)16-3-5-29-22(8-16)24(25,26)27/h3-9,18H,10-13H2,1-2H3. The number of fused-ring (bicyclic) bond motifs is 1. The number of aryl methyl sites for hydroxylation is 2. The van der Waals surface area contributed by atoms with Crippen molar-refractivity contribution in [3.05, 3.63) is 70.9 Å². The molecule has 0 spiro atoms. The number of nitrogens with zero attached hydrogens (tertiary/aromatic N) is 5. The van der Waals surface area contributed by atoms with Crippen LogP contribution in [-0.2, 0) is 24.0 Å². The minimum absolute atomic E-state index is 0.263. The number of aromatic nitrogens is 3. The van der Waals surface area contributed by atoms with Crippen molar-refractivity contribution in [2.45, 2.75) is 39.2 Å². The predicted octanol–water partition coefficient (Wildman–Crippen LogP) is 4.52. The third kappa shape index (κ3) is 4.27. The quantitative estimate of drug-likeness (QED) is 0.562. The lowest BCUT2D eigenvalue weighted by molar-refractivity contribution is -0.141. The summed E-state index contributed by atoms with van der Waals surface area (Å²) in [5, 5.41) is 0. The smallest absolute Gasteiger partial charge is 0.433 e. The molecule has 0 aliphatic carbocycles. The summed E-state index contributed by atoms with van der Waals surface area (Å²) in [5.41, 5.74) is 4.63. The zero-order valence-corrected chi connectivity index (χ0v) is 18.6. The first-order valence-corrected chi connectivity index (χ1v) is 10.8. The van der Waals surface area contributed by atoms with Crippen molar-refractivity contribution >= 4 is 11.8 Å². The number of amides is 1. The van der Waals surface area contributed by atoms with Crippen molar-refractivity contribution in [2.24, 2.45) is 0 Å². The van der Waals surface area contributed by atoms with Crippen LogP contribution in [0.1, 0.15) is 28.2 Å². The molecule has 0 bridgehead atoms. The van der Waals surface area contributed by atoms with Crippen LogP contribution in [0.15, 0.2) is 42.7 Å². The molecule has 3 aromatic rings. The number of carbonyl (C=O) groups is 1. The number of anilines is 1. The number of carbonyl (C=O) groups excluding carboxylic acids is 1. The highest BCUT2D eigenvalue weighted by Crippen LogP contribution is 2.32. The highest BCUT2D eigenvalue weighted by molar-refractivity contribution is 5.70. The molecule has 176 valence electrons. The Balaban J connectivity index is 1.20. The molecule has 1 fully saturated rings. The van der Waals surface area contributed by atoms with Crippen molar-refractivity contribution in [2.75, 3.05) is 18.0 Å². The summed E-state index contributed by atoms with van der Waals surface area (Å²) in [4.78, 5) is 28.4. The number of hydrogen-bond acceptors (Lipinski definition) is 6. The van der Waals surface area contributed by atoms with E-state index < -0.39 is 11.9 Å². The van der Waals surface area contributed by atoms with Crippen LogP contribution in [0.4, 0.5) is 23.7 Å². The summed E-state index contributed by atoms with van der Waals surface area (Å²) in [5.74, 6) is 0. The summed E-state index contributed by atoms with van der Waals surface area (Å²) in [6, 6.07) is 7.99. The van der Waals surface area contributed by atoms with Gasteiger partial charge in [0.2, 0.25) is 0 Å². The summed E-state index contributed by atoms with van der Waals surface area (Å²) in [6.45, 7) is 5.87. The summed E-state index contributed by atoms with van der Waals surface area (Å²) in [6.07, 6.45) is -2.48. The third-order valence-electron chi connectivity index (χ3n) is 6.08. The molecule has 7 nitrogen and oxygen atoms in total. The van der Waals surface area contributed by atoms with E-state index in [9.17, 15) is 18.0 Å². The van der Waals surface area contributed by atoms with Crippen molar-refractivity contribution < 1.29 is 22.7 Å². The van der Waals surface area contributed by atoms with Gasteiger partial charge in [0.15, 0.2) is 0 Å². The molecule has 0 N–H and O–H groups in total. The molecule has 0 unspecified atom stereocenters. The van der Waals surface area contributed by atoms with E-state index in [-0.39, 0.29) is 12.2 Å². The molecular weight excluding hydrogens is 447 g/mol. The number of rotatable bonds is 3. The van der Waals surface area contributed by atoms with Gasteiger partial charge in [0.25, 0.3) is 0 Å². The fourth-order valence-corrected chi connectivity index (χ4v) is 4.30. The van der Waals surface area contributed by atoms with E-state index in [1.165, 1.54) is 6.07 Å². The number of hydrogen-bond donors (Lipinski definition) is 0. The van der Waals surface area contributed by atoms with E-state index in [0.717, 1.165) is 40.5 Å². The van der Waals surface area contributed by atoms with Crippen LogP contribution in [0.2, 0.25) is 0 Å². The molecule has 10 heteroatoms. The predicted molar refractivity (Wildman–Crippen MR) is 118 cm³/mol. The topological polar surface area (TPSA) is 71.5 Å². The highest BCUT2D eigenvalue weighted by atomic mass is 19.4. The molecule has 2 aliphatic rings. The molecule has 5 rings (SSSR count). The van der Waals surface area contributed by atoms with Gasteiger partial charge in [-0.25, -0.2) is 4.79 Å². The Kier molecular flexibility index (Phi) is 5.38. The van der Waals surface area contributed by atoms with Crippen molar-refractivity contribution in [3.63, 3.8) is 0 Å². The van der Waals surface area contributed by atoms with Crippen LogP contribution in [0.3, 0.4) is 0 Å². The highest BCUT2D eigenvalue weighted by Gasteiger charge is 2.35. The third-order valence-corrected chi connectivity index (χ3v) is 6.08. The van der Waals surface area contributed by atoms with Crippen LogP contribution < -0.4 is 4.90 Å². The molecule has 2 aliphatic heterocycles. The Labute approximate surface area is 194 Å². The first kappa shape index (κ1) is 22.1. The Hall–Kier alpha value is -3.69. The minimum atomic E-state index is -4.52. The van der Waals surface area contributed by atoms with Gasteiger partial charge in [-0.05, 0) is 55.3 Å². The molecule has 0 saturated carbocycles. The second-order valence-electron chi connectivity index (χ2n) is 8.60. The molecule has 0 radical (unpaired) electrons.